The quantitative estimate of drug-likeness (QED) is 0.615. The molecule has 164 valence electrons. The van der Waals surface area contributed by atoms with Gasteiger partial charge in [0.25, 0.3) is 0 Å². The molecular formula is C20H23F3N8. The number of rotatable bonds is 7. The number of likely N-dealkylation sites (N-methyl/N-ethyl adjacent to an activating group) is 1. The first-order valence-corrected chi connectivity index (χ1v) is 10.0. The number of aromatic nitrogens is 5. The first kappa shape index (κ1) is 21.2. The van der Waals surface area contributed by atoms with E-state index in [4.69, 9.17) is 0 Å². The van der Waals surface area contributed by atoms with E-state index in [0.29, 0.717) is 10.5 Å². The molecule has 1 aliphatic rings. The van der Waals surface area contributed by atoms with Gasteiger partial charge in [0.1, 0.15) is 11.5 Å². The molecule has 0 unspecified atom stereocenters. The second kappa shape index (κ2) is 9.40. The lowest BCUT2D eigenvalue weighted by Crippen LogP contribution is -2.45. The molecule has 0 saturated carbocycles. The lowest BCUT2D eigenvalue weighted by atomic mass is 10.2. The Morgan fingerprint density at radius 1 is 1.03 bits per heavy atom. The Labute approximate surface area is 177 Å². The zero-order valence-electron chi connectivity index (χ0n) is 17.0. The van der Waals surface area contributed by atoms with Crippen LogP contribution in [0, 0.1) is 5.82 Å². The molecule has 1 aliphatic heterocycles. The minimum Gasteiger partial charge on any atom is -0.309 e. The van der Waals surface area contributed by atoms with Crippen LogP contribution in [0.25, 0.3) is 11.3 Å². The number of hydrogen-bond donors (Lipinski definition) is 1. The molecule has 1 saturated heterocycles. The summed E-state index contributed by atoms with van der Waals surface area (Å²) >= 11 is 0. The van der Waals surface area contributed by atoms with Crippen molar-refractivity contribution in [2.24, 2.45) is 0 Å². The van der Waals surface area contributed by atoms with Crippen LogP contribution < -0.4 is 5.32 Å². The smallest absolute Gasteiger partial charge is 0.309 e. The Morgan fingerprint density at radius 2 is 1.81 bits per heavy atom. The zero-order chi connectivity index (χ0) is 21.8. The molecule has 3 aromatic rings. The number of halogens is 3. The molecule has 0 aromatic carbocycles. The molecule has 1 fully saturated rings. The fraction of sp³-hybridized carbons (Fsp3) is 0.400. The number of pyridine rings is 1. The Kier molecular flexibility index (Phi) is 6.42. The van der Waals surface area contributed by atoms with Crippen molar-refractivity contribution in [1.82, 2.24) is 34.5 Å². The van der Waals surface area contributed by atoms with Gasteiger partial charge in [0.2, 0.25) is 5.95 Å². The van der Waals surface area contributed by atoms with E-state index < -0.39 is 12.4 Å². The van der Waals surface area contributed by atoms with Crippen molar-refractivity contribution in [3.05, 3.63) is 48.3 Å². The van der Waals surface area contributed by atoms with Crippen LogP contribution >= 0.6 is 0 Å². The van der Waals surface area contributed by atoms with Gasteiger partial charge in [-0.2, -0.15) is 13.9 Å². The van der Waals surface area contributed by atoms with Gasteiger partial charge in [-0.15, -0.1) is 0 Å². The number of hydrogen-bond acceptors (Lipinski definition) is 7. The number of nitrogens with zero attached hydrogens (tertiary/aromatic N) is 7. The van der Waals surface area contributed by atoms with E-state index in [1.807, 2.05) is 6.07 Å². The molecule has 0 radical (unpaired) electrons. The first-order chi connectivity index (χ1) is 15.0. The molecule has 0 aliphatic carbocycles. The Hall–Kier alpha value is -3.05. The van der Waals surface area contributed by atoms with E-state index in [1.165, 1.54) is 0 Å². The normalized spacial score (nSPS) is 15.5. The van der Waals surface area contributed by atoms with Gasteiger partial charge in [-0.1, -0.05) is 13.0 Å². The van der Waals surface area contributed by atoms with Crippen LogP contribution in [0.4, 0.5) is 24.9 Å². The Bertz CT molecular complexity index is 1000. The molecule has 31 heavy (non-hydrogen) atoms. The highest BCUT2D eigenvalue weighted by molar-refractivity contribution is 5.60. The maximum Gasteiger partial charge on any atom is 0.333 e. The lowest BCUT2D eigenvalue weighted by Gasteiger charge is -2.33. The summed E-state index contributed by atoms with van der Waals surface area (Å²) in [4.78, 5) is 17.2. The van der Waals surface area contributed by atoms with E-state index in [9.17, 15) is 13.2 Å². The van der Waals surface area contributed by atoms with Gasteiger partial charge in [0.15, 0.2) is 5.82 Å². The fourth-order valence-electron chi connectivity index (χ4n) is 3.43. The van der Waals surface area contributed by atoms with Crippen LogP contribution in [0.3, 0.4) is 0 Å². The van der Waals surface area contributed by atoms with Crippen molar-refractivity contribution in [2.45, 2.75) is 20.0 Å². The molecule has 0 atom stereocenters. The second-order valence-electron chi connectivity index (χ2n) is 7.26. The van der Waals surface area contributed by atoms with Crippen LogP contribution in [0.1, 0.15) is 19.0 Å². The molecule has 4 rings (SSSR count). The highest BCUT2D eigenvalue weighted by Gasteiger charge is 2.16. The number of piperazine rings is 1. The summed E-state index contributed by atoms with van der Waals surface area (Å²) in [5.41, 5.74) is 1.11. The van der Waals surface area contributed by atoms with E-state index >= 15 is 0 Å². The Morgan fingerprint density at radius 3 is 2.45 bits per heavy atom. The van der Waals surface area contributed by atoms with E-state index in [0.717, 1.165) is 63.4 Å². The minimum atomic E-state index is -2.81. The van der Waals surface area contributed by atoms with Crippen LogP contribution in [0.15, 0.2) is 36.9 Å². The van der Waals surface area contributed by atoms with Gasteiger partial charge in [0.05, 0.1) is 12.4 Å². The largest absolute Gasteiger partial charge is 0.333 e. The zero-order valence-corrected chi connectivity index (χ0v) is 17.0. The summed E-state index contributed by atoms with van der Waals surface area (Å²) in [5, 5.41) is 6.43. The average Bonchev–Trinajstić information content (AvgIpc) is 3.27. The highest BCUT2D eigenvalue weighted by atomic mass is 19.3. The van der Waals surface area contributed by atoms with Gasteiger partial charge in [-0.25, -0.2) is 24.0 Å². The fourth-order valence-corrected chi connectivity index (χ4v) is 3.43. The van der Waals surface area contributed by atoms with Gasteiger partial charge in [-0.3, -0.25) is 4.90 Å². The lowest BCUT2D eigenvalue weighted by molar-refractivity contribution is 0.0566. The summed E-state index contributed by atoms with van der Waals surface area (Å²) in [5.74, 6) is -0.122. The summed E-state index contributed by atoms with van der Waals surface area (Å²) < 4.78 is 40.0. The third-order valence-electron chi connectivity index (χ3n) is 5.20. The standard InChI is InChI=1S/C20H23F3N8/c1-2-29-5-7-30(8-6-29)12-14-3-4-17(24-9-14)27-20-25-11-16(21)18(28-20)15-10-26-31(13-15)19(22)23/h3-4,9-11,13,19H,2,5-8,12H2,1H3,(H,24,25,27,28). The topological polar surface area (TPSA) is 75.0 Å². The van der Waals surface area contributed by atoms with Crippen LogP contribution in [0.5, 0.6) is 0 Å². The second-order valence-corrected chi connectivity index (χ2v) is 7.26. The molecule has 1 N–H and O–H groups in total. The van der Waals surface area contributed by atoms with Gasteiger partial charge in [0, 0.05) is 50.7 Å². The van der Waals surface area contributed by atoms with E-state index in [1.54, 1.807) is 12.3 Å². The molecule has 0 amide bonds. The van der Waals surface area contributed by atoms with Crippen LogP contribution in [-0.2, 0) is 6.54 Å². The molecule has 8 nitrogen and oxygen atoms in total. The summed E-state index contributed by atoms with van der Waals surface area (Å²) in [6.07, 6.45) is 4.93. The van der Waals surface area contributed by atoms with Crippen LogP contribution in [0.2, 0.25) is 0 Å². The van der Waals surface area contributed by atoms with Crippen molar-refractivity contribution >= 4 is 11.8 Å². The molecule has 0 bridgehead atoms. The Balaban J connectivity index is 1.41. The number of anilines is 2. The SMILES string of the molecule is CCN1CCN(Cc2ccc(Nc3ncc(F)c(-c4cnn(C(F)F)c4)n3)nc2)CC1. The number of nitrogens with one attached hydrogen (secondary N) is 1. The summed E-state index contributed by atoms with van der Waals surface area (Å²) in [7, 11) is 0. The maximum absolute atomic E-state index is 14.1. The van der Waals surface area contributed by atoms with E-state index in [-0.39, 0.29) is 17.2 Å². The van der Waals surface area contributed by atoms with E-state index in [2.05, 4.69) is 42.1 Å². The third-order valence-corrected chi connectivity index (χ3v) is 5.20. The summed E-state index contributed by atoms with van der Waals surface area (Å²) in [6.45, 7) is 5.48. The van der Waals surface area contributed by atoms with Crippen molar-refractivity contribution in [2.75, 3.05) is 38.0 Å². The van der Waals surface area contributed by atoms with Gasteiger partial charge < -0.3 is 10.2 Å². The van der Waals surface area contributed by atoms with Gasteiger partial charge >= 0.3 is 6.55 Å². The van der Waals surface area contributed by atoms with Crippen molar-refractivity contribution < 1.29 is 13.2 Å². The first-order valence-electron chi connectivity index (χ1n) is 10.0. The highest BCUT2D eigenvalue weighted by Crippen LogP contribution is 2.23. The van der Waals surface area contributed by atoms with Crippen molar-refractivity contribution in [1.29, 1.82) is 0 Å². The predicted molar refractivity (Wildman–Crippen MR) is 109 cm³/mol. The molecule has 4 heterocycles. The monoisotopic (exact) mass is 432 g/mol. The molecular weight excluding hydrogens is 409 g/mol. The minimum absolute atomic E-state index is 0.108. The van der Waals surface area contributed by atoms with Crippen LogP contribution in [-0.4, -0.2) is 67.3 Å². The molecule has 11 heteroatoms. The summed E-state index contributed by atoms with van der Waals surface area (Å²) in [6, 6.07) is 3.78. The average molecular weight is 432 g/mol. The predicted octanol–water partition coefficient (Wildman–Crippen LogP) is 3.15. The third kappa shape index (κ3) is 5.17. The van der Waals surface area contributed by atoms with Gasteiger partial charge in [-0.05, 0) is 18.2 Å². The maximum atomic E-state index is 14.1. The number of alkyl halides is 2. The van der Waals surface area contributed by atoms with Crippen molar-refractivity contribution in [3.63, 3.8) is 0 Å². The molecule has 0 spiro atoms. The van der Waals surface area contributed by atoms with Crippen molar-refractivity contribution in [3.8, 4) is 11.3 Å². The molecule has 3 aromatic heterocycles.